The number of fused-ring (bicyclic) bond motifs is 3. The molecule has 2 N–H and O–H groups in total. The third-order valence-corrected chi connectivity index (χ3v) is 9.63. The number of alkyl halides is 2. The number of anilines is 2. The number of ether oxygens (including phenoxy) is 1. The van der Waals surface area contributed by atoms with Crippen molar-refractivity contribution in [3.63, 3.8) is 0 Å². The fourth-order valence-corrected chi connectivity index (χ4v) is 7.20. The van der Waals surface area contributed by atoms with Gasteiger partial charge >= 0.3 is 0 Å². The number of amides is 1. The molecule has 0 aromatic carbocycles. The Bertz CT molecular complexity index is 1310. The zero-order valence-corrected chi connectivity index (χ0v) is 24.5. The first-order chi connectivity index (χ1) is 20.2. The fraction of sp³-hybridized carbons (Fsp3) is 0.581. The Morgan fingerprint density at radius 1 is 1.19 bits per heavy atom. The Hall–Kier alpha value is -3.31. The van der Waals surface area contributed by atoms with Gasteiger partial charge in [0.05, 0.1) is 24.0 Å². The smallest absolute Gasteiger partial charge is 0.281 e. The van der Waals surface area contributed by atoms with Crippen molar-refractivity contribution in [1.29, 1.82) is 0 Å². The Morgan fingerprint density at radius 2 is 1.93 bits per heavy atom. The van der Waals surface area contributed by atoms with Gasteiger partial charge < -0.3 is 25.2 Å². The van der Waals surface area contributed by atoms with E-state index in [9.17, 15) is 13.6 Å². The molecule has 1 spiro atoms. The van der Waals surface area contributed by atoms with E-state index in [1.165, 1.54) is 6.08 Å². The second kappa shape index (κ2) is 11.4. The van der Waals surface area contributed by atoms with Crippen LogP contribution in [-0.4, -0.2) is 103 Å². The number of carbonyl (C=O) groups is 1. The average Bonchev–Trinajstić information content (AvgIpc) is 3.13. The number of nitrogens with two attached hydrogens (primary N) is 1. The zero-order chi connectivity index (χ0) is 29.6. The van der Waals surface area contributed by atoms with E-state index in [2.05, 4.69) is 26.3 Å². The van der Waals surface area contributed by atoms with Crippen molar-refractivity contribution >= 4 is 29.2 Å². The van der Waals surface area contributed by atoms with Gasteiger partial charge in [-0.15, -0.1) is 0 Å². The van der Waals surface area contributed by atoms with Crippen LogP contribution in [0, 0.1) is 0 Å². The Labute approximate surface area is 246 Å². The molecule has 0 bridgehead atoms. The van der Waals surface area contributed by atoms with E-state index < -0.39 is 12.0 Å². The first-order valence-corrected chi connectivity index (χ1v) is 15.0. The van der Waals surface area contributed by atoms with Crippen molar-refractivity contribution in [2.75, 3.05) is 62.2 Å². The molecule has 5 aliphatic rings. The molecule has 5 aliphatic heterocycles. The number of rotatable bonds is 5. The van der Waals surface area contributed by atoms with Crippen molar-refractivity contribution in [3.05, 3.63) is 47.8 Å². The van der Waals surface area contributed by atoms with Crippen LogP contribution in [-0.2, 0) is 9.53 Å². The van der Waals surface area contributed by atoms with Gasteiger partial charge in [0.2, 0.25) is 5.91 Å². The van der Waals surface area contributed by atoms with Crippen LogP contribution in [0.25, 0.3) is 6.08 Å². The van der Waals surface area contributed by atoms with E-state index in [1.807, 2.05) is 37.0 Å². The molecule has 0 saturated carbocycles. The molecule has 42 heavy (non-hydrogen) atoms. The minimum absolute atomic E-state index is 0.0292. The summed E-state index contributed by atoms with van der Waals surface area (Å²) in [5.41, 5.74) is 8.36. The van der Waals surface area contributed by atoms with E-state index >= 15 is 0 Å². The SMILES string of the molecule is C=CC(=O)N1CCN(C2CN3c4cc(N5CCC6(CC5)OCC(C)N=C6/C(C)=C\N)nc(C(F)F)c4C=CCC23)CC1. The van der Waals surface area contributed by atoms with Crippen LogP contribution in [0.15, 0.2) is 41.6 Å². The maximum Gasteiger partial charge on any atom is 0.281 e. The Balaban J connectivity index is 1.22. The van der Waals surface area contributed by atoms with Gasteiger partial charge in [-0.05, 0) is 51.0 Å². The second-order valence-corrected chi connectivity index (χ2v) is 12.1. The summed E-state index contributed by atoms with van der Waals surface area (Å²) in [4.78, 5) is 30.1. The lowest BCUT2D eigenvalue weighted by Gasteiger charge is -2.55. The lowest BCUT2D eigenvalue weighted by Crippen LogP contribution is -2.69. The molecule has 3 fully saturated rings. The highest BCUT2D eigenvalue weighted by molar-refractivity contribution is 6.06. The van der Waals surface area contributed by atoms with Crippen molar-refractivity contribution in [1.82, 2.24) is 14.8 Å². The van der Waals surface area contributed by atoms with Crippen LogP contribution in [0.5, 0.6) is 0 Å². The topological polar surface area (TPSA) is 90.5 Å². The van der Waals surface area contributed by atoms with E-state index in [4.69, 9.17) is 15.5 Å². The van der Waals surface area contributed by atoms with Crippen molar-refractivity contribution in [3.8, 4) is 0 Å². The normalized spacial score (nSPS) is 27.7. The van der Waals surface area contributed by atoms with Crippen molar-refractivity contribution in [2.24, 2.45) is 10.7 Å². The van der Waals surface area contributed by atoms with E-state index in [0.29, 0.717) is 63.1 Å². The lowest BCUT2D eigenvalue weighted by molar-refractivity contribution is -0.128. The standard InChI is InChI=1S/C31H41F2N7O2/c1-4-27(41)39-14-12-37(13-15-39)25-18-40-23(25)7-5-6-22-24(40)16-26(36-28(22)30(32)33)38-10-8-31(9-11-38)29(20(2)17-34)35-21(3)19-42-31/h4-6,16-17,21,23,25,30H,1,7-15,18-19,34H2,2-3H3/b20-17-. The van der Waals surface area contributed by atoms with Crippen LogP contribution >= 0.6 is 0 Å². The summed E-state index contributed by atoms with van der Waals surface area (Å²) in [7, 11) is 0. The predicted octanol–water partition coefficient (Wildman–Crippen LogP) is 3.38. The number of nitrogens with zero attached hydrogens (tertiary/aromatic N) is 6. The first-order valence-electron chi connectivity index (χ1n) is 15.0. The first kappa shape index (κ1) is 28.8. The largest absolute Gasteiger partial charge is 0.404 e. The van der Waals surface area contributed by atoms with Crippen LogP contribution in [0.2, 0.25) is 0 Å². The zero-order valence-electron chi connectivity index (χ0n) is 24.5. The minimum Gasteiger partial charge on any atom is -0.404 e. The van der Waals surface area contributed by atoms with Crippen molar-refractivity contribution in [2.45, 2.75) is 63.3 Å². The summed E-state index contributed by atoms with van der Waals surface area (Å²) >= 11 is 0. The molecule has 6 rings (SSSR count). The molecule has 1 aromatic rings. The quantitative estimate of drug-likeness (QED) is 0.534. The third-order valence-electron chi connectivity index (χ3n) is 9.63. The van der Waals surface area contributed by atoms with Gasteiger partial charge in [-0.25, -0.2) is 13.8 Å². The molecule has 6 heterocycles. The average molecular weight is 582 g/mol. The molecule has 1 aromatic heterocycles. The van der Waals surface area contributed by atoms with Gasteiger partial charge in [-0.3, -0.25) is 14.7 Å². The molecular formula is C31H41F2N7O2. The molecule has 3 saturated heterocycles. The van der Waals surface area contributed by atoms with Gasteiger partial charge in [0, 0.05) is 69.5 Å². The van der Waals surface area contributed by atoms with Crippen LogP contribution < -0.4 is 15.5 Å². The van der Waals surface area contributed by atoms with Gasteiger partial charge in [-0.2, -0.15) is 0 Å². The number of piperidine rings is 1. The third kappa shape index (κ3) is 5.00. The number of aromatic nitrogens is 1. The van der Waals surface area contributed by atoms with Crippen molar-refractivity contribution < 1.29 is 18.3 Å². The van der Waals surface area contributed by atoms with E-state index in [1.54, 1.807) is 6.20 Å². The van der Waals surface area contributed by atoms with Crippen LogP contribution in [0.4, 0.5) is 20.3 Å². The Kier molecular flexibility index (Phi) is 7.82. The van der Waals surface area contributed by atoms with Gasteiger partial charge in [0.25, 0.3) is 6.43 Å². The summed E-state index contributed by atoms with van der Waals surface area (Å²) in [5, 5.41) is 0. The molecule has 0 radical (unpaired) electrons. The minimum atomic E-state index is -2.68. The van der Waals surface area contributed by atoms with E-state index in [0.717, 1.165) is 43.0 Å². The number of piperazine rings is 1. The Morgan fingerprint density at radius 3 is 2.60 bits per heavy atom. The van der Waals surface area contributed by atoms with Crippen LogP contribution in [0.1, 0.15) is 50.8 Å². The summed E-state index contributed by atoms with van der Waals surface area (Å²) in [6.45, 7) is 13.1. The summed E-state index contributed by atoms with van der Waals surface area (Å²) < 4.78 is 35.3. The van der Waals surface area contributed by atoms with Crippen LogP contribution in [0.3, 0.4) is 0 Å². The maximum atomic E-state index is 14.4. The molecule has 226 valence electrons. The number of halogens is 2. The number of hydrogen-bond donors (Lipinski definition) is 1. The fourth-order valence-electron chi connectivity index (χ4n) is 7.20. The second-order valence-electron chi connectivity index (χ2n) is 12.1. The lowest BCUT2D eigenvalue weighted by atomic mass is 9.82. The maximum absolute atomic E-state index is 14.4. The monoisotopic (exact) mass is 581 g/mol. The molecule has 3 unspecified atom stereocenters. The highest BCUT2D eigenvalue weighted by atomic mass is 19.3. The summed E-state index contributed by atoms with van der Waals surface area (Å²) in [5.74, 6) is 0.556. The van der Waals surface area contributed by atoms with E-state index in [-0.39, 0.29) is 23.7 Å². The van der Waals surface area contributed by atoms with Gasteiger partial charge in [0.1, 0.15) is 17.1 Å². The predicted molar refractivity (Wildman–Crippen MR) is 161 cm³/mol. The molecule has 0 aliphatic carbocycles. The number of carbonyl (C=O) groups excluding carboxylic acids is 1. The molecule has 11 heteroatoms. The molecule has 9 nitrogen and oxygen atoms in total. The summed E-state index contributed by atoms with van der Waals surface area (Å²) in [6, 6.07) is 2.57. The summed E-state index contributed by atoms with van der Waals surface area (Å²) in [6.07, 6.45) is 6.27. The highest BCUT2D eigenvalue weighted by Gasteiger charge is 2.46. The number of pyridine rings is 1. The number of hydrogen-bond acceptors (Lipinski definition) is 8. The van der Waals surface area contributed by atoms with Gasteiger partial charge in [0.15, 0.2) is 0 Å². The molecular weight excluding hydrogens is 540 g/mol. The molecule has 1 amide bonds. The van der Waals surface area contributed by atoms with Gasteiger partial charge in [-0.1, -0.05) is 18.7 Å². The number of aliphatic imine (C=N–C) groups is 1. The highest BCUT2D eigenvalue weighted by Crippen LogP contribution is 2.43. The molecule has 3 atom stereocenters.